The van der Waals surface area contributed by atoms with E-state index < -0.39 is 0 Å². The van der Waals surface area contributed by atoms with Gasteiger partial charge < -0.3 is 10.7 Å². The van der Waals surface area contributed by atoms with Crippen molar-refractivity contribution in [2.45, 2.75) is 63.8 Å². The van der Waals surface area contributed by atoms with Crippen molar-refractivity contribution in [3.8, 4) is 0 Å². The second-order valence-electron chi connectivity index (χ2n) is 5.37. The third kappa shape index (κ3) is 1.60. The van der Waals surface area contributed by atoms with Gasteiger partial charge in [0.05, 0.1) is 0 Å². The van der Waals surface area contributed by atoms with Gasteiger partial charge in [-0.3, -0.25) is 0 Å². The Kier molecular flexibility index (Phi) is 2.76. The van der Waals surface area contributed by atoms with E-state index in [0.717, 1.165) is 12.5 Å². The molecule has 1 fully saturated rings. The van der Waals surface area contributed by atoms with Crippen molar-refractivity contribution >= 4 is 0 Å². The number of hydrogen-bond donors (Lipinski definition) is 2. The predicted molar refractivity (Wildman–Crippen MR) is 66.5 cm³/mol. The molecular weight excluding hydrogens is 196 g/mol. The van der Waals surface area contributed by atoms with Crippen molar-refractivity contribution in [1.82, 2.24) is 4.98 Å². The van der Waals surface area contributed by atoms with E-state index in [1.165, 1.54) is 68.3 Å². The fourth-order valence-corrected chi connectivity index (χ4v) is 3.57. The Morgan fingerprint density at radius 2 is 1.81 bits per heavy atom. The smallest absolute Gasteiger partial charge is 0.0229 e. The summed E-state index contributed by atoms with van der Waals surface area (Å²) in [6, 6.07) is 0. The van der Waals surface area contributed by atoms with Gasteiger partial charge in [0.2, 0.25) is 0 Å². The van der Waals surface area contributed by atoms with Crippen LogP contribution < -0.4 is 5.73 Å². The summed E-state index contributed by atoms with van der Waals surface area (Å²) in [5.74, 6) is 0.782. The van der Waals surface area contributed by atoms with Crippen LogP contribution in [0.15, 0.2) is 0 Å². The van der Waals surface area contributed by atoms with Gasteiger partial charge in [-0.1, -0.05) is 12.8 Å². The van der Waals surface area contributed by atoms with E-state index in [0.29, 0.717) is 0 Å². The molecule has 0 saturated heterocycles. The largest absolute Gasteiger partial charge is 0.362 e. The molecule has 0 amide bonds. The molecule has 1 aromatic rings. The van der Waals surface area contributed by atoms with E-state index in [2.05, 4.69) is 4.98 Å². The number of nitrogens with two attached hydrogens (primary N) is 1. The molecule has 0 bridgehead atoms. The molecule has 2 aliphatic carbocycles. The summed E-state index contributed by atoms with van der Waals surface area (Å²) in [5.41, 5.74) is 12.0. The summed E-state index contributed by atoms with van der Waals surface area (Å²) in [7, 11) is 0. The zero-order valence-electron chi connectivity index (χ0n) is 10.0. The highest BCUT2D eigenvalue weighted by atomic mass is 14.8. The second kappa shape index (κ2) is 4.25. The van der Waals surface area contributed by atoms with Gasteiger partial charge in [0.15, 0.2) is 0 Å². The second-order valence-corrected chi connectivity index (χ2v) is 5.37. The predicted octanol–water partition coefficient (Wildman–Crippen LogP) is 3.01. The third-order valence-corrected chi connectivity index (χ3v) is 4.41. The Hall–Kier alpha value is -0.760. The van der Waals surface area contributed by atoms with Crippen molar-refractivity contribution in [2.75, 3.05) is 0 Å². The zero-order chi connectivity index (χ0) is 11.0. The van der Waals surface area contributed by atoms with E-state index in [-0.39, 0.29) is 0 Å². The highest BCUT2D eigenvalue weighted by Gasteiger charge is 2.25. The molecule has 3 rings (SSSR count). The Balaban J connectivity index is 1.99. The lowest BCUT2D eigenvalue weighted by Crippen LogP contribution is -2.06. The molecule has 3 N–H and O–H groups in total. The van der Waals surface area contributed by atoms with Gasteiger partial charge in [0, 0.05) is 17.9 Å². The first-order valence-electron chi connectivity index (χ1n) is 6.82. The molecule has 0 unspecified atom stereocenters. The van der Waals surface area contributed by atoms with Crippen LogP contribution in [0.4, 0.5) is 0 Å². The van der Waals surface area contributed by atoms with E-state index in [9.17, 15) is 0 Å². The molecule has 0 atom stereocenters. The molecule has 2 heteroatoms. The van der Waals surface area contributed by atoms with Gasteiger partial charge in [-0.2, -0.15) is 0 Å². The van der Waals surface area contributed by atoms with Crippen molar-refractivity contribution in [3.63, 3.8) is 0 Å². The number of aromatic nitrogens is 1. The molecule has 0 aliphatic heterocycles. The molecule has 2 nitrogen and oxygen atoms in total. The van der Waals surface area contributed by atoms with Crippen LogP contribution in [-0.4, -0.2) is 4.98 Å². The van der Waals surface area contributed by atoms with Crippen LogP contribution in [0, 0.1) is 0 Å². The lowest BCUT2D eigenvalue weighted by Gasteiger charge is -2.12. The molecule has 2 aliphatic rings. The molecule has 1 saturated carbocycles. The summed E-state index contributed by atoms with van der Waals surface area (Å²) in [6.45, 7) is 0.734. The minimum atomic E-state index is 0.734. The number of fused-ring (bicyclic) bond motifs is 1. The van der Waals surface area contributed by atoms with Crippen LogP contribution in [-0.2, 0) is 19.4 Å². The topological polar surface area (TPSA) is 41.8 Å². The summed E-state index contributed by atoms with van der Waals surface area (Å²) >= 11 is 0. The minimum absolute atomic E-state index is 0.734. The van der Waals surface area contributed by atoms with Crippen LogP contribution in [0.25, 0.3) is 0 Å². The molecule has 16 heavy (non-hydrogen) atoms. The molecule has 1 heterocycles. The number of rotatable bonds is 2. The molecule has 1 aromatic heterocycles. The van der Waals surface area contributed by atoms with Crippen LogP contribution >= 0.6 is 0 Å². The number of nitrogens with one attached hydrogen (secondary N) is 1. The summed E-state index contributed by atoms with van der Waals surface area (Å²) < 4.78 is 0. The Labute approximate surface area is 97.6 Å². The van der Waals surface area contributed by atoms with Gasteiger partial charge in [0.25, 0.3) is 0 Å². The number of aromatic amines is 1. The fourth-order valence-electron chi connectivity index (χ4n) is 3.57. The van der Waals surface area contributed by atoms with E-state index >= 15 is 0 Å². The van der Waals surface area contributed by atoms with Crippen molar-refractivity contribution < 1.29 is 0 Å². The molecule has 0 spiro atoms. The Bertz CT molecular complexity index is 372. The molecule has 88 valence electrons. The quantitative estimate of drug-likeness (QED) is 0.787. The average Bonchev–Trinajstić information content (AvgIpc) is 2.95. The standard InChI is InChI=1S/C14H22N2/c15-9-12-11-7-3-4-8-13(11)16-14(12)10-5-1-2-6-10/h10,16H,1-9,15H2. The minimum Gasteiger partial charge on any atom is -0.362 e. The van der Waals surface area contributed by atoms with Gasteiger partial charge in [-0.05, 0) is 55.6 Å². The van der Waals surface area contributed by atoms with Gasteiger partial charge in [-0.25, -0.2) is 0 Å². The van der Waals surface area contributed by atoms with Crippen LogP contribution in [0.5, 0.6) is 0 Å². The van der Waals surface area contributed by atoms with E-state index in [1.54, 1.807) is 5.56 Å². The van der Waals surface area contributed by atoms with Crippen LogP contribution in [0.2, 0.25) is 0 Å². The SMILES string of the molecule is NCc1c(C2CCCC2)[nH]c2c1CCCC2. The fraction of sp³-hybridized carbons (Fsp3) is 0.714. The van der Waals surface area contributed by atoms with Crippen molar-refractivity contribution in [2.24, 2.45) is 5.73 Å². The van der Waals surface area contributed by atoms with Crippen LogP contribution in [0.1, 0.15) is 67.0 Å². The third-order valence-electron chi connectivity index (χ3n) is 4.41. The summed E-state index contributed by atoms with van der Waals surface area (Å²) in [6.07, 6.45) is 10.7. The highest BCUT2D eigenvalue weighted by molar-refractivity contribution is 5.40. The number of H-pyrrole nitrogens is 1. The van der Waals surface area contributed by atoms with Gasteiger partial charge in [-0.15, -0.1) is 0 Å². The van der Waals surface area contributed by atoms with Crippen molar-refractivity contribution in [1.29, 1.82) is 0 Å². The van der Waals surface area contributed by atoms with Gasteiger partial charge >= 0.3 is 0 Å². The highest BCUT2D eigenvalue weighted by Crippen LogP contribution is 2.38. The first-order valence-corrected chi connectivity index (χ1v) is 6.82. The lowest BCUT2D eigenvalue weighted by atomic mass is 9.92. The average molecular weight is 218 g/mol. The Morgan fingerprint density at radius 1 is 1.06 bits per heavy atom. The first kappa shape index (κ1) is 10.4. The first-order chi connectivity index (χ1) is 7.90. The maximum absolute atomic E-state index is 5.97. The van der Waals surface area contributed by atoms with Crippen LogP contribution in [0.3, 0.4) is 0 Å². The molecule has 0 aromatic carbocycles. The Morgan fingerprint density at radius 3 is 2.56 bits per heavy atom. The summed E-state index contributed by atoms with van der Waals surface area (Å²) in [5, 5.41) is 0. The molecule has 0 radical (unpaired) electrons. The molecular formula is C14H22N2. The lowest BCUT2D eigenvalue weighted by molar-refractivity contribution is 0.669. The maximum Gasteiger partial charge on any atom is 0.0229 e. The number of aryl methyl sites for hydroxylation is 1. The van der Waals surface area contributed by atoms with E-state index in [4.69, 9.17) is 5.73 Å². The number of hydrogen-bond acceptors (Lipinski definition) is 1. The van der Waals surface area contributed by atoms with Gasteiger partial charge in [0.1, 0.15) is 0 Å². The monoisotopic (exact) mass is 218 g/mol. The zero-order valence-corrected chi connectivity index (χ0v) is 10.0. The van der Waals surface area contributed by atoms with E-state index in [1.807, 2.05) is 0 Å². The maximum atomic E-state index is 5.97. The van der Waals surface area contributed by atoms with Crippen molar-refractivity contribution in [3.05, 3.63) is 22.5 Å². The normalized spacial score (nSPS) is 21.3. The summed E-state index contributed by atoms with van der Waals surface area (Å²) in [4.78, 5) is 3.72.